The first-order valence-corrected chi connectivity index (χ1v) is 10.6. The number of nitrogens with zero attached hydrogens (tertiary/aromatic N) is 1. The Labute approximate surface area is 178 Å². The maximum Gasteiger partial charge on any atom is 0.338 e. The lowest BCUT2D eigenvalue weighted by molar-refractivity contribution is -0.140. The minimum absolute atomic E-state index is 0.0416. The van der Waals surface area contributed by atoms with Crippen LogP contribution in [0, 0.1) is 5.92 Å². The molecule has 164 valence electrons. The van der Waals surface area contributed by atoms with Crippen molar-refractivity contribution >= 4 is 23.6 Å². The van der Waals surface area contributed by atoms with Crippen molar-refractivity contribution in [1.82, 2.24) is 10.2 Å². The maximum atomic E-state index is 12.9. The molecule has 1 aromatic rings. The van der Waals surface area contributed by atoms with Crippen LogP contribution in [0.3, 0.4) is 0 Å². The molecule has 1 aliphatic rings. The molecule has 1 aromatic carbocycles. The highest BCUT2D eigenvalue weighted by Gasteiger charge is 2.36. The van der Waals surface area contributed by atoms with E-state index in [1.165, 1.54) is 0 Å². The zero-order valence-corrected chi connectivity index (χ0v) is 18.6. The van der Waals surface area contributed by atoms with Crippen LogP contribution >= 0.6 is 0 Å². The van der Waals surface area contributed by atoms with Gasteiger partial charge in [0.2, 0.25) is 5.91 Å². The van der Waals surface area contributed by atoms with Gasteiger partial charge in [0.15, 0.2) is 0 Å². The first kappa shape index (κ1) is 23.4. The average molecular weight is 416 g/mol. The molecule has 7 nitrogen and oxygen atoms in total. The molecule has 0 radical (unpaired) electrons. The van der Waals surface area contributed by atoms with E-state index in [-0.39, 0.29) is 17.9 Å². The van der Waals surface area contributed by atoms with Crippen molar-refractivity contribution in [3.8, 4) is 0 Å². The van der Waals surface area contributed by atoms with Gasteiger partial charge in [-0.2, -0.15) is 0 Å². The van der Waals surface area contributed by atoms with Gasteiger partial charge < -0.3 is 15.4 Å². The van der Waals surface area contributed by atoms with Crippen molar-refractivity contribution in [2.75, 3.05) is 18.5 Å². The normalized spacial score (nSPS) is 16.5. The van der Waals surface area contributed by atoms with Crippen molar-refractivity contribution < 1.29 is 19.1 Å². The highest BCUT2D eigenvalue weighted by molar-refractivity contribution is 5.95. The van der Waals surface area contributed by atoms with Gasteiger partial charge in [0.1, 0.15) is 0 Å². The van der Waals surface area contributed by atoms with Crippen LogP contribution in [-0.2, 0) is 14.3 Å². The second-order valence-electron chi connectivity index (χ2n) is 7.95. The van der Waals surface area contributed by atoms with Gasteiger partial charge in [0.05, 0.1) is 18.2 Å². The first-order valence-electron chi connectivity index (χ1n) is 10.6. The van der Waals surface area contributed by atoms with Crippen molar-refractivity contribution in [2.45, 2.75) is 59.9 Å². The number of amides is 3. The fourth-order valence-corrected chi connectivity index (χ4v) is 3.32. The third-order valence-electron chi connectivity index (χ3n) is 4.82. The number of hydrogen-bond acceptors (Lipinski definition) is 4. The number of rotatable bonds is 9. The second kappa shape index (κ2) is 10.8. The fraction of sp³-hybridized carbons (Fsp3) is 0.522. The zero-order valence-electron chi connectivity index (χ0n) is 18.6. The Morgan fingerprint density at radius 3 is 2.40 bits per heavy atom. The number of allylic oxidation sites excluding steroid dienone is 1. The molecule has 2 N–H and O–H groups in total. The topological polar surface area (TPSA) is 87.7 Å². The molecule has 0 saturated heterocycles. The Hall–Kier alpha value is -2.83. The number of esters is 1. The summed E-state index contributed by atoms with van der Waals surface area (Å²) in [7, 11) is 0. The zero-order chi connectivity index (χ0) is 22.3. The molecule has 0 saturated carbocycles. The van der Waals surface area contributed by atoms with Crippen LogP contribution in [0.25, 0.3) is 0 Å². The molecule has 0 aromatic heterocycles. The third-order valence-corrected chi connectivity index (χ3v) is 4.82. The number of anilines is 1. The van der Waals surface area contributed by atoms with Gasteiger partial charge in [-0.3, -0.25) is 9.69 Å². The number of benzene rings is 1. The van der Waals surface area contributed by atoms with Gasteiger partial charge in [-0.05, 0) is 43.4 Å². The summed E-state index contributed by atoms with van der Waals surface area (Å²) in [6, 6.07) is 6.33. The fourth-order valence-electron chi connectivity index (χ4n) is 3.32. The van der Waals surface area contributed by atoms with Crippen molar-refractivity contribution in [2.24, 2.45) is 5.92 Å². The molecule has 0 aliphatic carbocycles. The molecular weight excluding hydrogens is 382 g/mol. The molecule has 0 bridgehead atoms. The summed E-state index contributed by atoms with van der Waals surface area (Å²) in [4.78, 5) is 39.0. The van der Waals surface area contributed by atoms with Crippen LogP contribution in [0.5, 0.6) is 0 Å². The molecule has 1 unspecified atom stereocenters. The second-order valence-corrected chi connectivity index (χ2v) is 7.95. The van der Waals surface area contributed by atoms with E-state index in [1.54, 1.807) is 24.0 Å². The summed E-state index contributed by atoms with van der Waals surface area (Å²) in [5, 5.41) is 5.78. The van der Waals surface area contributed by atoms with Crippen molar-refractivity contribution in [1.29, 1.82) is 0 Å². The highest BCUT2D eigenvalue weighted by Crippen LogP contribution is 2.32. The molecule has 7 heteroatoms. The van der Waals surface area contributed by atoms with Crippen LogP contribution in [-0.4, -0.2) is 36.0 Å². The Morgan fingerprint density at radius 1 is 1.17 bits per heavy atom. The predicted octanol–water partition coefficient (Wildman–Crippen LogP) is 4.37. The van der Waals surface area contributed by atoms with E-state index in [0.717, 1.165) is 18.4 Å². The molecule has 0 fully saturated rings. The summed E-state index contributed by atoms with van der Waals surface area (Å²) in [5.74, 6) is -0.253. The van der Waals surface area contributed by atoms with Crippen molar-refractivity contribution in [3.05, 3.63) is 41.1 Å². The van der Waals surface area contributed by atoms with Crippen molar-refractivity contribution in [3.63, 3.8) is 0 Å². The summed E-state index contributed by atoms with van der Waals surface area (Å²) in [6.07, 6.45) is 2.01. The van der Waals surface area contributed by atoms with Gasteiger partial charge in [0, 0.05) is 24.4 Å². The van der Waals surface area contributed by atoms with E-state index in [2.05, 4.69) is 10.6 Å². The molecule has 1 atom stereocenters. The largest absolute Gasteiger partial charge is 0.462 e. The average Bonchev–Trinajstić information content (AvgIpc) is 2.69. The lowest BCUT2D eigenvalue weighted by Gasteiger charge is -2.35. The number of hydrogen-bond donors (Lipinski definition) is 2. The van der Waals surface area contributed by atoms with E-state index in [1.807, 2.05) is 39.8 Å². The Morgan fingerprint density at radius 2 is 1.83 bits per heavy atom. The van der Waals surface area contributed by atoms with E-state index >= 15 is 0 Å². The number of nitrogens with one attached hydrogen (secondary N) is 2. The molecular formula is C23H33N3O4. The molecule has 3 amide bonds. The minimum atomic E-state index is -0.606. The maximum absolute atomic E-state index is 12.9. The number of carbonyl (C=O) groups is 3. The number of ether oxygens (including phenoxy) is 1. The molecule has 30 heavy (non-hydrogen) atoms. The minimum Gasteiger partial charge on any atom is -0.462 e. The van der Waals surface area contributed by atoms with Gasteiger partial charge in [-0.15, -0.1) is 0 Å². The predicted molar refractivity (Wildman–Crippen MR) is 117 cm³/mol. The molecule has 2 rings (SSSR count). The molecule has 0 spiro atoms. The van der Waals surface area contributed by atoms with Crippen LogP contribution in [0.2, 0.25) is 0 Å². The standard InChI is InChI=1S/C23H33N3O4/c1-6-8-19(27)24-18-11-9-17(10-12-18)21-20(22(28)30-14-15(3)4)16(5)26(13-7-2)23(29)25-21/h9-12,15,21H,6-8,13-14H2,1-5H3,(H,24,27)(H,25,29). The van der Waals surface area contributed by atoms with Crippen LogP contribution in [0.15, 0.2) is 35.5 Å². The monoisotopic (exact) mass is 415 g/mol. The van der Waals surface area contributed by atoms with Gasteiger partial charge in [-0.25, -0.2) is 9.59 Å². The lowest BCUT2D eigenvalue weighted by Crippen LogP contribution is -2.48. The van der Waals surface area contributed by atoms with Gasteiger partial charge in [-0.1, -0.05) is 39.8 Å². The third kappa shape index (κ3) is 5.84. The first-order chi connectivity index (χ1) is 14.3. The van der Waals surface area contributed by atoms with Crippen LogP contribution in [0.4, 0.5) is 10.5 Å². The van der Waals surface area contributed by atoms with Crippen LogP contribution < -0.4 is 10.6 Å². The van der Waals surface area contributed by atoms with E-state index in [9.17, 15) is 14.4 Å². The van der Waals surface area contributed by atoms with Crippen LogP contribution in [0.1, 0.15) is 65.5 Å². The Balaban J connectivity index is 2.34. The Kier molecular flexibility index (Phi) is 8.45. The molecule has 1 heterocycles. The smallest absolute Gasteiger partial charge is 0.338 e. The van der Waals surface area contributed by atoms with Gasteiger partial charge in [0.25, 0.3) is 0 Å². The van der Waals surface area contributed by atoms with E-state index < -0.39 is 12.0 Å². The lowest BCUT2D eigenvalue weighted by atomic mass is 9.94. The summed E-state index contributed by atoms with van der Waals surface area (Å²) < 4.78 is 5.50. The Bertz CT molecular complexity index is 799. The number of urea groups is 1. The summed E-state index contributed by atoms with van der Waals surface area (Å²) >= 11 is 0. The van der Waals surface area contributed by atoms with Gasteiger partial charge >= 0.3 is 12.0 Å². The summed E-state index contributed by atoms with van der Waals surface area (Å²) in [5.41, 5.74) is 2.48. The quantitative estimate of drug-likeness (QED) is 0.586. The van der Waals surface area contributed by atoms with E-state index in [4.69, 9.17) is 4.74 Å². The SMILES string of the molecule is CCCC(=O)Nc1ccc(C2NC(=O)N(CCC)C(C)=C2C(=O)OCC(C)C)cc1. The molecule has 1 aliphatic heterocycles. The highest BCUT2D eigenvalue weighted by atomic mass is 16.5. The van der Waals surface area contributed by atoms with E-state index in [0.29, 0.717) is 36.5 Å². The summed E-state index contributed by atoms with van der Waals surface area (Å²) in [6.45, 7) is 10.5. The number of carbonyl (C=O) groups excluding carboxylic acids is 3.